The smallest absolute Gasteiger partial charge is 0.265 e. The summed E-state index contributed by atoms with van der Waals surface area (Å²) in [7, 11) is 0. The van der Waals surface area contributed by atoms with Gasteiger partial charge < -0.3 is 0 Å². The lowest BCUT2D eigenvalue weighted by Crippen LogP contribution is -2.42. The molecule has 0 aromatic heterocycles. The van der Waals surface area contributed by atoms with Gasteiger partial charge in [-0.25, -0.2) is 10.0 Å². The number of nitrogens with one attached hydrogen (secondary N) is 1. The van der Waals surface area contributed by atoms with E-state index < -0.39 is 0 Å². The fourth-order valence-electron chi connectivity index (χ4n) is 4.13. The lowest BCUT2D eigenvalue weighted by Gasteiger charge is -2.21. The number of carbonyl (C=O) groups is 1. The van der Waals surface area contributed by atoms with Gasteiger partial charge in [-0.15, -0.1) is 0 Å². The summed E-state index contributed by atoms with van der Waals surface area (Å²) < 4.78 is 0. The topological polar surface area (TPSA) is 44.7 Å². The number of hydrogen-bond acceptors (Lipinski definition) is 4. The van der Waals surface area contributed by atoms with Gasteiger partial charge in [0.1, 0.15) is 0 Å². The van der Waals surface area contributed by atoms with Gasteiger partial charge in [-0.05, 0) is 49.2 Å². The van der Waals surface area contributed by atoms with Crippen molar-refractivity contribution in [2.24, 2.45) is 4.99 Å². The first kappa shape index (κ1) is 21.3. The predicted octanol–water partition coefficient (Wildman–Crippen LogP) is 6.49. The summed E-state index contributed by atoms with van der Waals surface area (Å²) in [6, 6.07) is 21.8. The summed E-state index contributed by atoms with van der Waals surface area (Å²) in [4.78, 5) is 20.2. The minimum Gasteiger partial charge on any atom is -0.285 e. The van der Waals surface area contributed by atoms with E-state index in [0.717, 1.165) is 58.2 Å². The molecule has 0 radical (unpaired) electrons. The number of amides is 1. The number of hydrogen-bond donors (Lipinski definition) is 1. The molecular formula is C26H24ClN3OS. The second-order valence-electron chi connectivity index (χ2n) is 8.09. The fourth-order valence-corrected chi connectivity index (χ4v) is 5.32. The molecule has 0 unspecified atom stereocenters. The number of carbonyl (C=O) groups excluding carboxylic acids is 1. The molecule has 1 fully saturated rings. The normalized spacial score (nSPS) is 16.2. The number of rotatable bonds is 3. The van der Waals surface area contributed by atoms with Crippen molar-refractivity contribution in [1.29, 1.82) is 0 Å². The van der Waals surface area contributed by atoms with E-state index in [4.69, 9.17) is 16.6 Å². The van der Waals surface area contributed by atoms with Crippen LogP contribution >= 0.6 is 23.4 Å². The van der Waals surface area contributed by atoms with Crippen LogP contribution in [0.15, 0.2) is 81.5 Å². The Hall–Kier alpha value is -2.60. The Morgan fingerprint density at radius 2 is 1.72 bits per heavy atom. The maximum atomic E-state index is 13.0. The number of aliphatic imine (C=N–C) groups is 1. The Bertz CT molecular complexity index is 1190. The molecule has 1 N–H and O–H groups in total. The lowest BCUT2D eigenvalue weighted by molar-refractivity contribution is 0.0794. The van der Waals surface area contributed by atoms with Crippen LogP contribution in [-0.2, 0) is 0 Å². The van der Waals surface area contributed by atoms with Crippen LogP contribution in [0.25, 0.3) is 0 Å². The number of hydrazine groups is 1. The predicted molar refractivity (Wildman–Crippen MR) is 131 cm³/mol. The van der Waals surface area contributed by atoms with Gasteiger partial charge in [-0.2, -0.15) is 0 Å². The maximum absolute atomic E-state index is 13.0. The van der Waals surface area contributed by atoms with Crippen molar-refractivity contribution >= 4 is 40.7 Å². The Morgan fingerprint density at radius 1 is 0.906 bits per heavy atom. The van der Waals surface area contributed by atoms with E-state index >= 15 is 0 Å². The van der Waals surface area contributed by atoms with E-state index in [1.165, 1.54) is 12.8 Å². The zero-order valence-corrected chi connectivity index (χ0v) is 19.3. The molecule has 1 saturated heterocycles. The Balaban J connectivity index is 1.52. The van der Waals surface area contributed by atoms with Crippen molar-refractivity contribution in [2.45, 2.75) is 35.5 Å². The van der Waals surface area contributed by atoms with Crippen LogP contribution in [0.2, 0.25) is 5.02 Å². The Labute approximate surface area is 197 Å². The van der Waals surface area contributed by atoms with Crippen LogP contribution in [-0.4, -0.2) is 29.7 Å². The molecule has 1 amide bonds. The molecule has 0 saturated carbocycles. The van der Waals surface area contributed by atoms with Crippen LogP contribution in [0.3, 0.4) is 0 Å². The van der Waals surface area contributed by atoms with Gasteiger partial charge >= 0.3 is 0 Å². The van der Waals surface area contributed by atoms with Crippen molar-refractivity contribution in [3.05, 3.63) is 88.4 Å². The molecule has 0 aliphatic carbocycles. The molecule has 162 valence electrons. The second-order valence-corrected chi connectivity index (χ2v) is 9.61. The SMILES string of the molecule is O=C(NN1CCCCCC1)c1ccc2c(c1)N=C(c1cccc(Cl)c1)c1ccccc1S2. The second kappa shape index (κ2) is 9.49. The molecule has 0 spiro atoms. The standard InChI is InChI=1S/C26H24ClN3OS/c27-20-9-7-8-18(16-20)25-21-10-3-4-11-23(21)32-24-13-12-19(17-22(24)28-25)26(31)29-30-14-5-1-2-6-15-30/h3-4,7-13,16-17H,1-2,5-6,14-15H2,(H,29,31). The third-order valence-electron chi connectivity index (χ3n) is 5.78. The molecule has 3 aromatic rings. The van der Waals surface area contributed by atoms with E-state index in [9.17, 15) is 4.79 Å². The zero-order valence-electron chi connectivity index (χ0n) is 17.7. The highest BCUT2D eigenvalue weighted by atomic mass is 35.5. The van der Waals surface area contributed by atoms with Crippen molar-refractivity contribution in [3.63, 3.8) is 0 Å². The summed E-state index contributed by atoms with van der Waals surface area (Å²) in [5.74, 6) is -0.0824. The summed E-state index contributed by atoms with van der Waals surface area (Å²) >= 11 is 7.96. The number of halogens is 1. The molecule has 4 nitrogen and oxygen atoms in total. The van der Waals surface area contributed by atoms with Crippen LogP contribution < -0.4 is 5.43 Å². The Morgan fingerprint density at radius 3 is 2.53 bits per heavy atom. The van der Waals surface area contributed by atoms with Crippen LogP contribution in [0.5, 0.6) is 0 Å². The van der Waals surface area contributed by atoms with Gasteiger partial charge in [0.2, 0.25) is 0 Å². The van der Waals surface area contributed by atoms with Crippen LogP contribution in [0.1, 0.15) is 47.2 Å². The number of benzene rings is 3. The van der Waals surface area contributed by atoms with E-state index in [1.807, 2.05) is 59.6 Å². The van der Waals surface area contributed by atoms with Crippen molar-refractivity contribution in [2.75, 3.05) is 13.1 Å². The molecular weight excluding hydrogens is 438 g/mol. The minimum absolute atomic E-state index is 0.0824. The average Bonchev–Trinajstić information content (AvgIpc) is 3.15. The van der Waals surface area contributed by atoms with Gasteiger partial charge in [-0.3, -0.25) is 10.2 Å². The fraction of sp³-hybridized carbons (Fsp3) is 0.231. The summed E-state index contributed by atoms with van der Waals surface area (Å²) in [6.07, 6.45) is 4.69. The molecule has 6 heteroatoms. The maximum Gasteiger partial charge on any atom is 0.265 e. The van der Waals surface area contributed by atoms with Gasteiger partial charge in [0, 0.05) is 44.6 Å². The average molecular weight is 462 g/mol. The first-order chi connectivity index (χ1) is 15.7. The van der Waals surface area contributed by atoms with Crippen LogP contribution in [0, 0.1) is 0 Å². The highest BCUT2D eigenvalue weighted by Gasteiger charge is 2.21. The quantitative estimate of drug-likeness (QED) is 0.379. The highest BCUT2D eigenvalue weighted by molar-refractivity contribution is 7.99. The van der Waals surface area contributed by atoms with Crippen molar-refractivity contribution < 1.29 is 4.79 Å². The van der Waals surface area contributed by atoms with Crippen molar-refractivity contribution in [1.82, 2.24) is 10.4 Å². The third kappa shape index (κ3) is 4.60. The monoisotopic (exact) mass is 461 g/mol. The van der Waals surface area contributed by atoms with Gasteiger partial charge in [0.05, 0.1) is 11.4 Å². The third-order valence-corrected chi connectivity index (χ3v) is 7.16. The highest BCUT2D eigenvalue weighted by Crippen LogP contribution is 2.41. The lowest BCUT2D eigenvalue weighted by atomic mass is 10.0. The molecule has 3 aromatic carbocycles. The summed E-state index contributed by atoms with van der Waals surface area (Å²) in [5, 5.41) is 2.72. The number of fused-ring (bicyclic) bond motifs is 2. The molecule has 0 atom stereocenters. The summed E-state index contributed by atoms with van der Waals surface area (Å²) in [6.45, 7) is 1.80. The molecule has 2 heterocycles. The first-order valence-electron chi connectivity index (χ1n) is 11.0. The largest absolute Gasteiger partial charge is 0.285 e. The van der Waals surface area contributed by atoms with E-state index in [0.29, 0.717) is 10.6 Å². The molecule has 0 bridgehead atoms. The zero-order chi connectivity index (χ0) is 21.9. The minimum atomic E-state index is -0.0824. The summed E-state index contributed by atoms with van der Waals surface area (Å²) in [5.41, 5.74) is 7.38. The molecule has 2 aliphatic rings. The van der Waals surface area contributed by atoms with Crippen molar-refractivity contribution in [3.8, 4) is 0 Å². The molecule has 2 aliphatic heterocycles. The van der Waals surface area contributed by atoms with Gasteiger partial charge in [0.25, 0.3) is 5.91 Å². The first-order valence-corrected chi connectivity index (χ1v) is 12.2. The van der Waals surface area contributed by atoms with E-state index in [2.05, 4.69) is 17.6 Å². The molecule has 32 heavy (non-hydrogen) atoms. The van der Waals surface area contributed by atoms with Gasteiger partial charge in [0.15, 0.2) is 0 Å². The van der Waals surface area contributed by atoms with Gasteiger partial charge in [-0.1, -0.05) is 66.5 Å². The Kier molecular flexibility index (Phi) is 6.30. The van der Waals surface area contributed by atoms with E-state index in [1.54, 1.807) is 11.8 Å². The van der Waals surface area contributed by atoms with E-state index in [-0.39, 0.29) is 5.91 Å². The van der Waals surface area contributed by atoms with Crippen LogP contribution in [0.4, 0.5) is 5.69 Å². The molecule has 5 rings (SSSR count). The number of nitrogens with zero attached hydrogens (tertiary/aromatic N) is 2.